The Morgan fingerprint density at radius 3 is 0.987 bits per heavy atom. The van der Waals surface area contributed by atoms with Gasteiger partial charge in [-0.1, -0.05) is 341 Å². The highest BCUT2D eigenvalue weighted by atomic mass is 31.2. The molecule has 3 N–H and O–H groups in total. The lowest BCUT2D eigenvalue weighted by molar-refractivity contribution is -0.870. The van der Waals surface area contributed by atoms with Crippen LogP contribution in [0.15, 0.2) is 12.2 Å². The molecule has 0 saturated carbocycles. The molecule has 0 spiro atoms. The molecule has 0 aliphatic carbocycles. The largest absolute Gasteiger partial charge is 0.472 e. The Hall–Kier alpha value is -0.760. The highest BCUT2D eigenvalue weighted by Crippen LogP contribution is 2.43. The van der Waals surface area contributed by atoms with Gasteiger partial charge in [0.25, 0.3) is 0 Å². The maximum Gasteiger partial charge on any atom is 0.472 e. The molecule has 0 heterocycles. The molecule has 0 bridgehead atoms. The van der Waals surface area contributed by atoms with Gasteiger partial charge < -0.3 is 19.8 Å². The standard InChI is InChI=1S/C66H133N2O6P/c1-6-8-10-12-14-16-18-20-21-22-23-24-25-26-27-28-29-30-31-32-33-34-35-36-37-38-39-40-41-42-43-44-45-46-48-50-52-54-56-58-60-66(70)67-64(63-74-75(71,72)73-62-61-68(3,4)5)65(69)59-57-55-53-51-49-47-19-17-15-13-11-9-7-2/h57,59,64-65,69H,6-56,58,60-63H2,1-5H3,(H-,67,70,71,72)/p+1/b59-57+. The number of rotatable bonds is 63. The molecular formula is C66H134N2O6P+. The van der Waals surface area contributed by atoms with E-state index in [4.69, 9.17) is 9.05 Å². The quantitative estimate of drug-likeness (QED) is 0.0243. The number of aliphatic hydroxyl groups is 1. The van der Waals surface area contributed by atoms with Crippen LogP contribution in [0.5, 0.6) is 0 Å². The van der Waals surface area contributed by atoms with Crippen LogP contribution in [0.1, 0.15) is 354 Å². The molecule has 0 aromatic heterocycles. The molecule has 0 radical (unpaired) electrons. The molecule has 8 nitrogen and oxygen atoms in total. The van der Waals surface area contributed by atoms with Crippen molar-refractivity contribution in [3.8, 4) is 0 Å². The number of phosphoric acid groups is 1. The summed E-state index contributed by atoms with van der Waals surface area (Å²) in [5, 5.41) is 13.9. The normalized spacial score (nSPS) is 13.7. The van der Waals surface area contributed by atoms with E-state index < -0.39 is 20.0 Å². The summed E-state index contributed by atoms with van der Waals surface area (Å²) in [4.78, 5) is 23.3. The molecule has 0 aromatic rings. The summed E-state index contributed by atoms with van der Waals surface area (Å²) in [6.45, 7) is 4.86. The molecule has 0 rings (SSSR count). The number of carbonyl (C=O) groups is 1. The van der Waals surface area contributed by atoms with Gasteiger partial charge in [0.2, 0.25) is 5.91 Å². The van der Waals surface area contributed by atoms with Gasteiger partial charge in [0.1, 0.15) is 13.2 Å². The van der Waals surface area contributed by atoms with Crippen LogP contribution >= 0.6 is 7.82 Å². The number of hydrogen-bond donors (Lipinski definition) is 3. The van der Waals surface area contributed by atoms with Crippen molar-refractivity contribution in [2.75, 3.05) is 40.9 Å². The number of phosphoric ester groups is 1. The van der Waals surface area contributed by atoms with E-state index in [2.05, 4.69) is 19.2 Å². The second kappa shape index (κ2) is 57.9. The fourth-order valence-corrected chi connectivity index (χ4v) is 11.3. The SMILES string of the molecule is CCCCCCCCCCCCC/C=C/C(O)C(COP(=O)(O)OCC[N+](C)(C)C)NC(=O)CCCCCCCCCCCCCCCCCCCCCCCCCCCCCCCCCCCCCCCCCC. The number of aliphatic hydroxyl groups excluding tert-OH is 1. The first kappa shape index (κ1) is 74.2. The van der Waals surface area contributed by atoms with Crippen LogP contribution in [0.25, 0.3) is 0 Å². The first-order valence-corrected chi connectivity index (χ1v) is 35.1. The van der Waals surface area contributed by atoms with Gasteiger partial charge in [-0.15, -0.1) is 0 Å². The van der Waals surface area contributed by atoms with Gasteiger partial charge in [0.05, 0.1) is 39.9 Å². The summed E-state index contributed by atoms with van der Waals surface area (Å²) in [6, 6.07) is -0.842. The molecule has 1 amide bonds. The van der Waals surface area contributed by atoms with Crippen molar-refractivity contribution in [1.82, 2.24) is 5.32 Å². The van der Waals surface area contributed by atoms with Crippen LogP contribution in [0.2, 0.25) is 0 Å². The van der Waals surface area contributed by atoms with E-state index in [-0.39, 0.29) is 19.1 Å². The number of unbranched alkanes of at least 4 members (excludes halogenated alkanes) is 50. The minimum absolute atomic E-state index is 0.0650. The van der Waals surface area contributed by atoms with Gasteiger partial charge in [-0.2, -0.15) is 0 Å². The summed E-state index contributed by atoms with van der Waals surface area (Å²) in [5.74, 6) is -0.170. The Bertz CT molecular complexity index is 1230. The maximum atomic E-state index is 13.0. The maximum absolute atomic E-state index is 13.0. The molecule has 0 aliphatic heterocycles. The predicted molar refractivity (Wildman–Crippen MR) is 328 cm³/mol. The van der Waals surface area contributed by atoms with Crippen molar-refractivity contribution in [1.29, 1.82) is 0 Å². The van der Waals surface area contributed by atoms with E-state index in [1.807, 2.05) is 27.2 Å². The summed E-state index contributed by atoms with van der Waals surface area (Å²) in [7, 11) is 1.59. The average Bonchev–Trinajstić information content (AvgIpc) is 3.37. The minimum Gasteiger partial charge on any atom is -0.387 e. The summed E-state index contributed by atoms with van der Waals surface area (Å²) in [6.07, 6.45) is 73.8. The molecule has 75 heavy (non-hydrogen) atoms. The highest BCUT2D eigenvalue weighted by Gasteiger charge is 2.28. The smallest absolute Gasteiger partial charge is 0.387 e. The fourth-order valence-electron chi connectivity index (χ4n) is 10.5. The Kier molecular flexibility index (Phi) is 57.3. The van der Waals surface area contributed by atoms with Gasteiger partial charge in [-0.25, -0.2) is 4.57 Å². The van der Waals surface area contributed by atoms with Crippen molar-refractivity contribution >= 4 is 13.7 Å². The average molecular weight is 1080 g/mol. The molecule has 448 valence electrons. The summed E-state index contributed by atoms with van der Waals surface area (Å²) >= 11 is 0. The minimum atomic E-state index is -4.34. The lowest BCUT2D eigenvalue weighted by Crippen LogP contribution is -2.45. The third kappa shape index (κ3) is 60.7. The molecule has 0 fully saturated rings. The predicted octanol–water partition coefficient (Wildman–Crippen LogP) is 20.9. The monoisotopic (exact) mass is 1080 g/mol. The van der Waals surface area contributed by atoms with E-state index in [1.165, 1.54) is 295 Å². The van der Waals surface area contributed by atoms with Crippen LogP contribution in [-0.4, -0.2) is 73.4 Å². The number of quaternary nitrogens is 1. The third-order valence-corrected chi connectivity index (χ3v) is 16.7. The molecule has 3 unspecified atom stereocenters. The summed E-state index contributed by atoms with van der Waals surface area (Å²) in [5.41, 5.74) is 0. The van der Waals surface area contributed by atoms with Gasteiger partial charge in [-0.3, -0.25) is 13.8 Å². The van der Waals surface area contributed by atoms with Crippen LogP contribution in [0.4, 0.5) is 0 Å². The number of likely N-dealkylation sites (N-methyl/N-ethyl adjacent to an activating group) is 1. The van der Waals surface area contributed by atoms with Gasteiger partial charge in [-0.05, 0) is 19.3 Å². The Labute approximate surface area is 469 Å². The second-order valence-corrected chi connectivity index (χ2v) is 26.0. The zero-order chi connectivity index (χ0) is 54.9. The molecule has 0 aromatic carbocycles. The number of hydrogen-bond acceptors (Lipinski definition) is 5. The summed E-state index contributed by atoms with van der Waals surface area (Å²) < 4.78 is 23.7. The van der Waals surface area contributed by atoms with Crippen molar-refractivity contribution in [3.05, 3.63) is 12.2 Å². The van der Waals surface area contributed by atoms with Crippen LogP contribution in [0.3, 0.4) is 0 Å². The highest BCUT2D eigenvalue weighted by molar-refractivity contribution is 7.47. The van der Waals surface area contributed by atoms with Crippen LogP contribution in [-0.2, 0) is 18.4 Å². The van der Waals surface area contributed by atoms with Crippen LogP contribution < -0.4 is 5.32 Å². The number of allylic oxidation sites excluding steroid dienone is 1. The Morgan fingerprint density at radius 1 is 0.440 bits per heavy atom. The molecule has 0 aliphatic rings. The number of nitrogens with zero attached hydrogens (tertiary/aromatic N) is 1. The first-order chi connectivity index (χ1) is 36.5. The molecule has 9 heteroatoms. The van der Waals surface area contributed by atoms with E-state index in [9.17, 15) is 19.4 Å². The lowest BCUT2D eigenvalue weighted by Gasteiger charge is -2.25. The number of nitrogens with one attached hydrogen (secondary N) is 1. The number of amides is 1. The van der Waals surface area contributed by atoms with Gasteiger partial charge in [0.15, 0.2) is 0 Å². The Balaban J connectivity index is 3.80. The Morgan fingerprint density at radius 2 is 0.707 bits per heavy atom. The van der Waals surface area contributed by atoms with Crippen molar-refractivity contribution in [2.24, 2.45) is 0 Å². The number of carbonyl (C=O) groups excluding carboxylic acids is 1. The zero-order valence-corrected chi connectivity index (χ0v) is 52.2. The van der Waals surface area contributed by atoms with E-state index >= 15 is 0 Å². The van der Waals surface area contributed by atoms with E-state index in [0.717, 1.165) is 38.5 Å². The van der Waals surface area contributed by atoms with Gasteiger partial charge in [0, 0.05) is 6.42 Å². The lowest BCUT2D eigenvalue weighted by atomic mass is 10.0. The van der Waals surface area contributed by atoms with Crippen molar-refractivity contribution in [3.63, 3.8) is 0 Å². The van der Waals surface area contributed by atoms with Crippen molar-refractivity contribution < 1.29 is 32.9 Å². The van der Waals surface area contributed by atoms with E-state index in [1.54, 1.807) is 6.08 Å². The molecular weight excluding hydrogens is 948 g/mol. The van der Waals surface area contributed by atoms with Crippen molar-refractivity contribution in [2.45, 2.75) is 366 Å². The van der Waals surface area contributed by atoms with E-state index in [0.29, 0.717) is 17.4 Å². The third-order valence-electron chi connectivity index (χ3n) is 15.8. The second-order valence-electron chi connectivity index (χ2n) is 24.6. The molecule has 0 saturated heterocycles. The topological polar surface area (TPSA) is 105 Å². The zero-order valence-electron chi connectivity index (χ0n) is 51.3. The first-order valence-electron chi connectivity index (χ1n) is 33.6. The molecule has 3 atom stereocenters. The van der Waals surface area contributed by atoms with Crippen LogP contribution in [0, 0.1) is 0 Å². The van der Waals surface area contributed by atoms with Gasteiger partial charge >= 0.3 is 7.82 Å². The fraction of sp³-hybridized carbons (Fsp3) is 0.955.